The summed E-state index contributed by atoms with van der Waals surface area (Å²) in [6.45, 7) is 1.50. The predicted octanol–water partition coefficient (Wildman–Crippen LogP) is 1.90. The fraction of sp³-hybridized carbons (Fsp3) is 0.482. The molecule has 7 amide bonds. The molecule has 2 unspecified atom stereocenters. The van der Waals surface area contributed by atoms with E-state index in [2.05, 4.69) is 26.3 Å². The zero-order valence-electron chi connectivity index (χ0n) is 46.0. The number of aryl methyl sites for hydroxylation is 1. The Balaban J connectivity index is 0.887. The SMILES string of the molecule is CCS(=O)(=O)c1ccc(CNC(O)[C@H](CCC(N)=O)NC(=O)[C@@H]2CC[C@@H]3CCN(C(=O)C[C@H]4CC[C@@H](Cc5ccc6c(c5)n(C)c(=O)n6C5CCC(=O)NC5=O)CC4)C[C@H](NC(=O)c4cc5cc(C(=O)P(=O)(O)O)ccc5[nH]4)C(=O)N32)cc1. The quantitative estimate of drug-likeness (QED) is 0.0305. The van der Waals surface area contributed by atoms with Gasteiger partial charge in [-0.15, -0.1) is 0 Å². The smallest absolute Gasteiger partial charge is 0.376 e. The average molecular weight is 1190 g/mol. The molecule has 0 radical (unpaired) electrons. The molecule has 83 heavy (non-hydrogen) atoms. The first kappa shape index (κ1) is 60.2. The minimum absolute atomic E-state index is 0.0149. The number of rotatable bonds is 20. The van der Waals surface area contributed by atoms with Gasteiger partial charge in [-0.05, 0) is 136 Å². The van der Waals surface area contributed by atoms with Crippen LogP contribution >= 0.6 is 7.60 Å². The normalized spacial score (nSPS) is 22.3. The summed E-state index contributed by atoms with van der Waals surface area (Å²) in [7, 11) is -6.94. The van der Waals surface area contributed by atoms with E-state index >= 15 is 4.79 Å². The molecule has 3 aromatic carbocycles. The van der Waals surface area contributed by atoms with Crippen LogP contribution in [0.2, 0.25) is 0 Å². The number of carbonyl (C=O) groups is 8. The molecule has 10 N–H and O–H groups in total. The largest absolute Gasteiger partial charge is 0.396 e. The van der Waals surface area contributed by atoms with Crippen molar-refractivity contribution in [3.05, 3.63) is 99.6 Å². The van der Waals surface area contributed by atoms with Crippen LogP contribution in [-0.4, -0.2) is 143 Å². The lowest BCUT2D eigenvalue weighted by molar-refractivity contribution is -0.146. The number of amides is 7. The number of H-pyrrole nitrogens is 1. The number of imidazole rings is 1. The monoisotopic (exact) mass is 1180 g/mol. The van der Waals surface area contributed by atoms with Gasteiger partial charge in [-0.25, -0.2) is 13.2 Å². The van der Waals surface area contributed by atoms with Crippen LogP contribution in [0.5, 0.6) is 0 Å². The van der Waals surface area contributed by atoms with Crippen molar-refractivity contribution in [2.24, 2.45) is 24.6 Å². The van der Waals surface area contributed by atoms with E-state index in [1.165, 1.54) is 57.4 Å². The molecule has 4 aliphatic rings. The zero-order valence-corrected chi connectivity index (χ0v) is 47.7. The van der Waals surface area contributed by atoms with Crippen LogP contribution in [0.25, 0.3) is 21.9 Å². The topological polar surface area (TPSA) is 372 Å². The number of aliphatic hydroxyl groups is 1. The molecule has 5 heterocycles. The Morgan fingerprint density at radius 1 is 0.855 bits per heavy atom. The summed E-state index contributed by atoms with van der Waals surface area (Å²) in [6, 6.07) is 12.0. The molecule has 444 valence electrons. The van der Waals surface area contributed by atoms with E-state index in [1.54, 1.807) is 24.1 Å². The highest BCUT2D eigenvalue weighted by molar-refractivity contribution is 7.91. The Kier molecular flexibility index (Phi) is 18.0. The molecule has 6 atom stereocenters. The molecule has 1 saturated carbocycles. The van der Waals surface area contributed by atoms with Crippen molar-refractivity contribution in [3.8, 4) is 0 Å². The lowest BCUT2D eigenvalue weighted by Gasteiger charge is -2.39. The molecular formula is C56H69N10O15PS. The van der Waals surface area contributed by atoms with Crippen LogP contribution in [0.15, 0.2) is 76.4 Å². The van der Waals surface area contributed by atoms with Gasteiger partial charge in [-0.2, -0.15) is 0 Å². The van der Waals surface area contributed by atoms with Gasteiger partial charge in [-0.1, -0.05) is 25.1 Å². The Morgan fingerprint density at radius 2 is 1.57 bits per heavy atom. The Morgan fingerprint density at radius 3 is 2.25 bits per heavy atom. The molecule has 3 aliphatic heterocycles. The molecule has 4 fully saturated rings. The molecule has 3 saturated heterocycles. The number of primary amides is 1. The molecule has 0 bridgehead atoms. The van der Waals surface area contributed by atoms with Crippen molar-refractivity contribution in [1.29, 1.82) is 0 Å². The highest BCUT2D eigenvalue weighted by atomic mass is 32.2. The molecule has 1 aliphatic carbocycles. The number of hydrogen-bond acceptors (Lipinski definition) is 14. The van der Waals surface area contributed by atoms with Gasteiger partial charge in [-0.3, -0.25) is 62.7 Å². The number of carbonyl (C=O) groups excluding carboxylic acids is 8. The summed E-state index contributed by atoms with van der Waals surface area (Å²) in [6.07, 6.45) is 3.47. The Labute approximate surface area is 477 Å². The number of aromatic nitrogens is 3. The van der Waals surface area contributed by atoms with Gasteiger partial charge < -0.3 is 46.0 Å². The van der Waals surface area contributed by atoms with Crippen molar-refractivity contribution >= 4 is 86.2 Å². The van der Waals surface area contributed by atoms with Crippen LogP contribution < -0.4 is 32.7 Å². The first-order valence-electron chi connectivity index (χ1n) is 27.9. The number of nitrogens with one attached hydrogen (secondary N) is 5. The first-order chi connectivity index (χ1) is 39.4. The van der Waals surface area contributed by atoms with Crippen molar-refractivity contribution in [2.75, 3.05) is 18.8 Å². The van der Waals surface area contributed by atoms with Crippen molar-refractivity contribution in [1.82, 2.24) is 45.2 Å². The lowest BCUT2D eigenvalue weighted by atomic mass is 9.78. The van der Waals surface area contributed by atoms with Gasteiger partial charge >= 0.3 is 13.3 Å². The van der Waals surface area contributed by atoms with Crippen LogP contribution in [0, 0.1) is 11.8 Å². The van der Waals surface area contributed by atoms with Gasteiger partial charge in [0.05, 0.1) is 27.7 Å². The summed E-state index contributed by atoms with van der Waals surface area (Å²) in [4.78, 5) is 146. The molecule has 27 heteroatoms. The van der Waals surface area contributed by atoms with Gasteiger partial charge in [0.15, 0.2) is 9.84 Å². The second kappa shape index (κ2) is 24.9. The van der Waals surface area contributed by atoms with Gasteiger partial charge in [0.1, 0.15) is 30.0 Å². The first-order valence-corrected chi connectivity index (χ1v) is 31.1. The predicted molar refractivity (Wildman–Crippen MR) is 301 cm³/mol. The summed E-state index contributed by atoms with van der Waals surface area (Å²) in [5.41, 5.74) is 6.60. The van der Waals surface area contributed by atoms with E-state index < -0.39 is 88.9 Å². The average Bonchev–Trinajstić information content (AvgIpc) is 3.02. The Bertz CT molecular complexity index is 3600. The minimum atomic E-state index is -5.13. The van der Waals surface area contributed by atoms with E-state index in [0.717, 1.165) is 37.7 Å². The molecular weight excluding hydrogens is 1120 g/mol. The van der Waals surface area contributed by atoms with E-state index in [9.17, 15) is 66.2 Å². The van der Waals surface area contributed by atoms with E-state index in [4.69, 9.17) is 5.73 Å². The molecule has 2 aromatic heterocycles. The number of hydrogen-bond donors (Lipinski definition) is 9. The van der Waals surface area contributed by atoms with Crippen LogP contribution in [-0.2, 0) is 63.2 Å². The zero-order chi connectivity index (χ0) is 59.7. The number of nitrogens with two attached hydrogens (primary N) is 1. The number of benzene rings is 3. The second-order valence-electron chi connectivity index (χ2n) is 22.3. The number of nitrogens with zero attached hydrogens (tertiary/aromatic N) is 4. The van der Waals surface area contributed by atoms with Crippen LogP contribution in [0.4, 0.5) is 0 Å². The number of imide groups is 1. The summed E-state index contributed by atoms with van der Waals surface area (Å²) < 4.78 is 39.4. The maximum atomic E-state index is 15.1. The van der Waals surface area contributed by atoms with Crippen LogP contribution in [0.1, 0.15) is 122 Å². The maximum absolute atomic E-state index is 15.1. The van der Waals surface area contributed by atoms with Gasteiger partial charge in [0.25, 0.3) is 11.4 Å². The van der Waals surface area contributed by atoms with Crippen LogP contribution in [0.3, 0.4) is 0 Å². The van der Waals surface area contributed by atoms with E-state index in [-0.39, 0.29) is 115 Å². The van der Waals surface area contributed by atoms with E-state index in [1.807, 2.05) is 18.2 Å². The lowest BCUT2D eigenvalue weighted by Crippen LogP contribution is -2.62. The highest BCUT2D eigenvalue weighted by Crippen LogP contribution is 2.40. The summed E-state index contributed by atoms with van der Waals surface area (Å²) in [5, 5.41) is 22.5. The molecule has 0 spiro atoms. The number of aromatic amines is 1. The molecule has 25 nitrogen and oxygen atoms in total. The van der Waals surface area contributed by atoms with E-state index in [0.29, 0.717) is 35.0 Å². The third-order valence-corrected chi connectivity index (χ3v) is 19.3. The number of aliphatic hydroxyl groups excluding tert-OH is 1. The van der Waals surface area contributed by atoms with Gasteiger partial charge in [0, 0.05) is 68.5 Å². The maximum Gasteiger partial charge on any atom is 0.396 e. The summed E-state index contributed by atoms with van der Waals surface area (Å²) in [5.74, 6) is -3.67. The highest BCUT2D eigenvalue weighted by Gasteiger charge is 2.46. The third-order valence-electron chi connectivity index (χ3n) is 16.7. The standard InChI is InChI=1S/C56H69N10O15PS/c1-3-83(80,81)38-13-8-33(9-14-38)29-58-50(70)40(16-20-47(57)67)60-52(72)44-18-12-37-22-23-64(30-42(54(74)65(37)44)61-51(71)41-28-36-27-35(11-15-39(36)59-41)55(75)82(77,78)79)49(69)26-32-6-4-31(5-7-32)24-34-10-17-43-46(25-34)63(2)56(76)66(43)45-19-21-48(68)62-53(45)73/h8-11,13-15,17,25,27-28,31-32,37,40,42,44-45,50,58-59,70H,3-7,12,16,18-24,26,29-30H2,1-2H3,(H2,57,67)(H,60,72)(H,61,71)(H,62,68,73)(H2,77,78,79)/t31-,32+,37-,40+,42+,44+,45?,50?/m1/s1. The third kappa shape index (κ3) is 13.5. The minimum Gasteiger partial charge on any atom is -0.376 e. The fourth-order valence-corrected chi connectivity index (χ4v) is 13.5. The van der Waals surface area contributed by atoms with Gasteiger partial charge in [0.2, 0.25) is 35.4 Å². The van der Waals surface area contributed by atoms with Crippen molar-refractivity contribution in [2.45, 2.75) is 138 Å². The number of piperidine rings is 1. The van der Waals surface area contributed by atoms with Crippen molar-refractivity contribution < 1.29 is 66.2 Å². The van der Waals surface area contributed by atoms with Crippen molar-refractivity contribution in [3.63, 3.8) is 0 Å². The molecule has 9 rings (SSSR count). The summed E-state index contributed by atoms with van der Waals surface area (Å²) >= 11 is 0. The Hall–Kier alpha value is -7.35. The number of fused-ring (bicyclic) bond motifs is 3. The second-order valence-corrected chi connectivity index (χ2v) is 26.0. The molecule has 5 aromatic rings. The number of sulfone groups is 1. The fourth-order valence-electron chi connectivity index (χ4n) is 12.1.